The summed E-state index contributed by atoms with van der Waals surface area (Å²) in [6.45, 7) is 3.87. The normalized spacial score (nSPS) is 13.6. The Hall–Kier alpha value is -3.60. The van der Waals surface area contributed by atoms with E-state index in [0.29, 0.717) is 12.8 Å². The molecule has 1 fully saturated rings. The number of rotatable bonds is 6. The van der Waals surface area contributed by atoms with Crippen molar-refractivity contribution in [2.75, 3.05) is 20.2 Å². The van der Waals surface area contributed by atoms with E-state index in [9.17, 15) is 4.79 Å². The number of hydrogen-bond acceptors (Lipinski definition) is 3. The lowest BCUT2D eigenvalue weighted by atomic mass is 10.0. The molecule has 3 heterocycles. The number of hydrogen-bond donors (Lipinski definition) is 0. The van der Waals surface area contributed by atoms with Crippen LogP contribution < -0.4 is 4.74 Å². The lowest BCUT2D eigenvalue weighted by Gasteiger charge is -2.15. The van der Waals surface area contributed by atoms with E-state index in [0.717, 1.165) is 59.8 Å². The van der Waals surface area contributed by atoms with Gasteiger partial charge in [0.1, 0.15) is 11.4 Å². The van der Waals surface area contributed by atoms with Crippen LogP contribution in [-0.4, -0.2) is 40.4 Å². The molecule has 5 nitrogen and oxygen atoms in total. The van der Waals surface area contributed by atoms with Crippen molar-refractivity contribution >= 4 is 11.6 Å². The fourth-order valence-corrected chi connectivity index (χ4v) is 4.68. The van der Waals surface area contributed by atoms with Crippen molar-refractivity contribution in [2.24, 2.45) is 0 Å². The molecular formula is C28H29N3O2. The van der Waals surface area contributed by atoms with Crippen LogP contribution in [0.3, 0.4) is 0 Å². The molecular weight excluding hydrogens is 410 g/mol. The summed E-state index contributed by atoms with van der Waals surface area (Å²) in [7, 11) is 1.67. The van der Waals surface area contributed by atoms with E-state index in [1.54, 1.807) is 7.11 Å². The summed E-state index contributed by atoms with van der Waals surface area (Å²) in [5, 5.41) is 0. The fourth-order valence-electron chi connectivity index (χ4n) is 4.68. The molecule has 0 bridgehead atoms. The van der Waals surface area contributed by atoms with Crippen molar-refractivity contribution in [1.29, 1.82) is 0 Å². The average molecular weight is 440 g/mol. The van der Waals surface area contributed by atoms with Crippen molar-refractivity contribution < 1.29 is 9.53 Å². The number of ether oxygens (including phenoxy) is 1. The van der Waals surface area contributed by atoms with Gasteiger partial charge in [-0.3, -0.25) is 4.79 Å². The van der Waals surface area contributed by atoms with Crippen LogP contribution in [0.5, 0.6) is 5.75 Å². The van der Waals surface area contributed by atoms with Gasteiger partial charge in [0, 0.05) is 31.3 Å². The molecule has 0 N–H and O–H groups in total. The number of likely N-dealkylation sites (tertiary alicyclic amines) is 1. The third kappa shape index (κ3) is 4.36. The summed E-state index contributed by atoms with van der Waals surface area (Å²) in [5.41, 5.74) is 7.38. The smallest absolute Gasteiger partial charge is 0.222 e. The molecule has 4 aromatic rings. The molecule has 1 aliphatic heterocycles. The number of carbonyl (C=O) groups is 1. The van der Waals surface area contributed by atoms with E-state index in [2.05, 4.69) is 60.0 Å². The van der Waals surface area contributed by atoms with Crippen molar-refractivity contribution in [3.05, 3.63) is 78.1 Å². The van der Waals surface area contributed by atoms with E-state index in [4.69, 9.17) is 9.72 Å². The number of nitrogens with zero attached hydrogens (tertiary/aromatic N) is 3. The molecule has 0 aliphatic carbocycles. The summed E-state index contributed by atoms with van der Waals surface area (Å²) in [6.07, 6.45) is 5.49. The first-order chi connectivity index (χ1) is 16.1. The van der Waals surface area contributed by atoms with Gasteiger partial charge in [-0.1, -0.05) is 42.0 Å². The van der Waals surface area contributed by atoms with Gasteiger partial charge in [-0.25, -0.2) is 4.98 Å². The first kappa shape index (κ1) is 21.3. The maximum atomic E-state index is 12.8. The van der Waals surface area contributed by atoms with Gasteiger partial charge < -0.3 is 14.0 Å². The fraction of sp³-hybridized carbons (Fsp3) is 0.286. The molecule has 33 heavy (non-hydrogen) atoms. The van der Waals surface area contributed by atoms with Crippen molar-refractivity contribution in [2.45, 2.75) is 32.6 Å². The largest absolute Gasteiger partial charge is 0.497 e. The van der Waals surface area contributed by atoms with Gasteiger partial charge in [0.25, 0.3) is 0 Å². The predicted octanol–water partition coefficient (Wildman–Crippen LogP) is 5.54. The zero-order chi connectivity index (χ0) is 22.8. The zero-order valence-electron chi connectivity index (χ0n) is 19.3. The number of imidazole rings is 1. The van der Waals surface area contributed by atoms with Crippen LogP contribution in [0.25, 0.3) is 28.0 Å². The number of aryl methyl sites for hydroxylation is 2. The maximum absolute atomic E-state index is 12.8. The van der Waals surface area contributed by atoms with Gasteiger partial charge in [-0.2, -0.15) is 0 Å². The Labute approximate surface area is 194 Å². The van der Waals surface area contributed by atoms with Gasteiger partial charge in [0.15, 0.2) is 0 Å². The summed E-state index contributed by atoms with van der Waals surface area (Å²) in [4.78, 5) is 19.8. The maximum Gasteiger partial charge on any atom is 0.222 e. The second-order valence-corrected chi connectivity index (χ2v) is 8.74. The molecule has 2 aromatic carbocycles. The minimum absolute atomic E-state index is 0.230. The predicted molar refractivity (Wildman–Crippen MR) is 131 cm³/mol. The minimum atomic E-state index is 0.230. The molecule has 0 atom stereocenters. The highest BCUT2D eigenvalue weighted by Crippen LogP contribution is 2.30. The van der Waals surface area contributed by atoms with E-state index >= 15 is 0 Å². The van der Waals surface area contributed by atoms with Gasteiger partial charge >= 0.3 is 0 Å². The van der Waals surface area contributed by atoms with Gasteiger partial charge in [-0.15, -0.1) is 0 Å². The van der Waals surface area contributed by atoms with Gasteiger partial charge in [0.05, 0.1) is 18.5 Å². The highest BCUT2D eigenvalue weighted by Gasteiger charge is 2.21. The van der Waals surface area contributed by atoms with Crippen molar-refractivity contribution in [1.82, 2.24) is 14.3 Å². The Balaban J connectivity index is 1.58. The molecule has 1 saturated heterocycles. The molecule has 5 rings (SSSR count). The summed E-state index contributed by atoms with van der Waals surface area (Å²) in [5.74, 6) is 1.03. The Morgan fingerprint density at radius 2 is 1.76 bits per heavy atom. The van der Waals surface area contributed by atoms with Crippen LogP contribution in [-0.2, 0) is 11.2 Å². The van der Waals surface area contributed by atoms with Crippen LogP contribution in [0.4, 0.5) is 0 Å². The van der Waals surface area contributed by atoms with Crippen LogP contribution >= 0.6 is 0 Å². The summed E-state index contributed by atoms with van der Waals surface area (Å²) >= 11 is 0. The monoisotopic (exact) mass is 439 g/mol. The highest BCUT2D eigenvalue weighted by molar-refractivity contribution is 5.77. The summed E-state index contributed by atoms with van der Waals surface area (Å²) < 4.78 is 7.61. The first-order valence-corrected chi connectivity index (χ1v) is 11.6. The Kier molecular flexibility index (Phi) is 5.86. The standard InChI is InChI=1S/C28H29N3O2/c1-20-7-5-8-21(17-20)23-11-13-26-29-28(22-9-6-10-24(18-22)33-2)25(31(26)19-23)12-14-27(32)30-15-3-4-16-30/h5-11,13,17-19H,3-4,12,14-16H2,1-2H3. The van der Waals surface area contributed by atoms with Gasteiger partial charge in [-0.05, 0) is 61.6 Å². The second-order valence-electron chi connectivity index (χ2n) is 8.74. The van der Waals surface area contributed by atoms with E-state index in [1.807, 2.05) is 23.1 Å². The topological polar surface area (TPSA) is 46.8 Å². The summed E-state index contributed by atoms with van der Waals surface area (Å²) in [6, 6.07) is 20.7. The van der Waals surface area contributed by atoms with Crippen LogP contribution in [0.2, 0.25) is 0 Å². The van der Waals surface area contributed by atoms with Gasteiger partial charge in [0.2, 0.25) is 5.91 Å². The average Bonchev–Trinajstić information content (AvgIpc) is 3.51. The Morgan fingerprint density at radius 1 is 0.970 bits per heavy atom. The molecule has 1 amide bonds. The molecule has 5 heteroatoms. The quantitative estimate of drug-likeness (QED) is 0.396. The number of pyridine rings is 1. The molecule has 1 aliphatic rings. The van der Waals surface area contributed by atoms with E-state index < -0.39 is 0 Å². The minimum Gasteiger partial charge on any atom is -0.497 e. The number of methoxy groups -OCH3 is 1. The Bertz CT molecular complexity index is 1300. The SMILES string of the molecule is COc1cccc(-c2nc3ccc(-c4cccc(C)c4)cn3c2CCC(=O)N2CCCC2)c1. The van der Waals surface area contributed by atoms with Crippen LogP contribution in [0, 0.1) is 6.92 Å². The third-order valence-electron chi connectivity index (χ3n) is 6.45. The lowest BCUT2D eigenvalue weighted by Crippen LogP contribution is -2.27. The Morgan fingerprint density at radius 3 is 2.55 bits per heavy atom. The first-order valence-electron chi connectivity index (χ1n) is 11.6. The molecule has 168 valence electrons. The van der Waals surface area contributed by atoms with E-state index in [-0.39, 0.29) is 5.91 Å². The molecule has 2 aromatic heterocycles. The number of aromatic nitrogens is 2. The number of benzene rings is 2. The number of fused-ring (bicyclic) bond motifs is 1. The second kappa shape index (κ2) is 9.10. The number of amides is 1. The molecule has 0 unspecified atom stereocenters. The van der Waals surface area contributed by atoms with Crippen molar-refractivity contribution in [3.63, 3.8) is 0 Å². The molecule has 0 radical (unpaired) electrons. The third-order valence-corrected chi connectivity index (χ3v) is 6.45. The van der Waals surface area contributed by atoms with Crippen LogP contribution in [0.1, 0.15) is 30.5 Å². The highest BCUT2D eigenvalue weighted by atomic mass is 16.5. The molecule has 0 spiro atoms. The van der Waals surface area contributed by atoms with Crippen LogP contribution in [0.15, 0.2) is 66.9 Å². The van der Waals surface area contributed by atoms with E-state index in [1.165, 1.54) is 11.1 Å². The lowest BCUT2D eigenvalue weighted by molar-refractivity contribution is -0.130. The molecule has 0 saturated carbocycles. The van der Waals surface area contributed by atoms with Crippen molar-refractivity contribution in [3.8, 4) is 28.1 Å². The number of carbonyl (C=O) groups excluding carboxylic acids is 1. The zero-order valence-corrected chi connectivity index (χ0v) is 19.3.